The van der Waals surface area contributed by atoms with Crippen LogP contribution in [0.2, 0.25) is 0 Å². The van der Waals surface area contributed by atoms with Gasteiger partial charge in [-0.25, -0.2) is 9.97 Å². The molecule has 0 aliphatic carbocycles. The lowest BCUT2D eigenvalue weighted by Gasteiger charge is -2.34. The molecule has 8 heteroatoms. The van der Waals surface area contributed by atoms with Crippen LogP contribution in [0.1, 0.15) is 35.6 Å². The van der Waals surface area contributed by atoms with Crippen molar-refractivity contribution < 1.29 is 9.53 Å². The smallest absolute Gasteiger partial charge is 0.247 e. The van der Waals surface area contributed by atoms with Crippen molar-refractivity contribution in [2.45, 2.75) is 39.8 Å². The van der Waals surface area contributed by atoms with Crippen LogP contribution in [0.5, 0.6) is 0 Å². The van der Waals surface area contributed by atoms with Crippen molar-refractivity contribution in [3.05, 3.63) is 35.0 Å². The molecule has 8 nitrogen and oxygen atoms in total. The SMILES string of the molecule is Cc1cc(C)n([C@H](C)C(=O)N2CCc3c(ncnc3N3CCOCC3)C2)n1. The number of carbonyl (C=O) groups excluding carboxylic acids is 1. The van der Waals surface area contributed by atoms with Gasteiger partial charge in [-0.05, 0) is 33.3 Å². The van der Waals surface area contributed by atoms with E-state index >= 15 is 0 Å². The highest BCUT2D eigenvalue weighted by atomic mass is 16.5. The number of aryl methyl sites for hydroxylation is 2. The topological polar surface area (TPSA) is 76.4 Å². The Hall–Kier alpha value is -2.48. The Balaban J connectivity index is 1.53. The van der Waals surface area contributed by atoms with Crippen molar-refractivity contribution in [3.63, 3.8) is 0 Å². The molecule has 0 unspecified atom stereocenters. The van der Waals surface area contributed by atoms with Gasteiger partial charge in [0.1, 0.15) is 18.2 Å². The minimum atomic E-state index is -0.319. The first-order chi connectivity index (χ1) is 13.0. The largest absolute Gasteiger partial charge is 0.378 e. The third-order valence-corrected chi connectivity index (χ3v) is 5.38. The van der Waals surface area contributed by atoms with Gasteiger partial charge >= 0.3 is 0 Å². The van der Waals surface area contributed by atoms with E-state index in [9.17, 15) is 4.79 Å². The summed E-state index contributed by atoms with van der Waals surface area (Å²) in [6.07, 6.45) is 2.39. The Kier molecular flexibility index (Phi) is 4.82. The molecule has 0 N–H and O–H groups in total. The lowest BCUT2D eigenvalue weighted by molar-refractivity contribution is -0.135. The van der Waals surface area contributed by atoms with Gasteiger partial charge in [0.25, 0.3) is 0 Å². The molecule has 27 heavy (non-hydrogen) atoms. The summed E-state index contributed by atoms with van der Waals surface area (Å²) >= 11 is 0. The second kappa shape index (κ2) is 7.26. The number of nitrogens with zero attached hydrogens (tertiary/aromatic N) is 6. The number of ether oxygens (including phenoxy) is 1. The van der Waals surface area contributed by atoms with E-state index in [1.807, 2.05) is 36.4 Å². The minimum Gasteiger partial charge on any atom is -0.378 e. The van der Waals surface area contributed by atoms with Gasteiger partial charge in [-0.1, -0.05) is 0 Å². The molecule has 1 saturated heterocycles. The summed E-state index contributed by atoms with van der Waals surface area (Å²) in [7, 11) is 0. The van der Waals surface area contributed by atoms with Gasteiger partial charge in [0.15, 0.2) is 0 Å². The molecular weight excluding hydrogens is 344 g/mol. The number of fused-ring (bicyclic) bond motifs is 1. The Morgan fingerprint density at radius 3 is 2.67 bits per heavy atom. The maximum Gasteiger partial charge on any atom is 0.247 e. The number of rotatable bonds is 3. The normalized spacial score (nSPS) is 18.3. The zero-order valence-corrected chi connectivity index (χ0v) is 16.2. The van der Waals surface area contributed by atoms with Crippen LogP contribution in [0.3, 0.4) is 0 Å². The Bertz CT molecular complexity index is 843. The fraction of sp³-hybridized carbons (Fsp3) is 0.579. The van der Waals surface area contributed by atoms with Crippen LogP contribution >= 0.6 is 0 Å². The number of amides is 1. The van der Waals surface area contributed by atoms with Gasteiger partial charge in [0.2, 0.25) is 5.91 Å². The predicted molar refractivity (Wildman–Crippen MR) is 101 cm³/mol. The number of anilines is 1. The molecule has 2 aliphatic heterocycles. The van der Waals surface area contributed by atoms with Crippen LogP contribution < -0.4 is 4.90 Å². The van der Waals surface area contributed by atoms with Gasteiger partial charge in [0.05, 0.1) is 31.1 Å². The number of hydrogen-bond donors (Lipinski definition) is 0. The van der Waals surface area contributed by atoms with Crippen molar-refractivity contribution in [2.24, 2.45) is 0 Å². The van der Waals surface area contributed by atoms with Crippen molar-refractivity contribution in [1.82, 2.24) is 24.6 Å². The monoisotopic (exact) mass is 370 g/mol. The molecule has 4 heterocycles. The zero-order valence-electron chi connectivity index (χ0n) is 16.2. The van der Waals surface area contributed by atoms with E-state index in [0.29, 0.717) is 13.1 Å². The summed E-state index contributed by atoms with van der Waals surface area (Å²) in [6, 6.07) is 1.68. The molecule has 0 aromatic carbocycles. The van der Waals surface area contributed by atoms with E-state index in [0.717, 1.165) is 55.6 Å². The number of aromatic nitrogens is 4. The number of morpholine rings is 1. The van der Waals surface area contributed by atoms with E-state index in [4.69, 9.17) is 4.74 Å². The summed E-state index contributed by atoms with van der Waals surface area (Å²) in [5, 5.41) is 4.47. The van der Waals surface area contributed by atoms with Gasteiger partial charge in [-0.3, -0.25) is 9.48 Å². The van der Waals surface area contributed by atoms with Gasteiger partial charge in [0, 0.05) is 30.9 Å². The lowest BCUT2D eigenvalue weighted by atomic mass is 10.0. The van der Waals surface area contributed by atoms with Crippen LogP contribution in [-0.2, 0) is 22.5 Å². The van der Waals surface area contributed by atoms with Gasteiger partial charge in [-0.2, -0.15) is 5.10 Å². The average Bonchev–Trinajstić information content (AvgIpc) is 3.04. The van der Waals surface area contributed by atoms with E-state index in [-0.39, 0.29) is 11.9 Å². The number of hydrogen-bond acceptors (Lipinski definition) is 6. The standard InChI is InChI=1S/C19H26N6O2/c1-13-10-14(2)25(22-13)15(3)19(26)24-5-4-16-17(11-24)20-12-21-18(16)23-6-8-27-9-7-23/h10,12,15H,4-9,11H2,1-3H3/t15-/m1/s1. The third kappa shape index (κ3) is 3.41. The molecule has 0 saturated carbocycles. The van der Waals surface area contributed by atoms with Crippen LogP contribution in [0.25, 0.3) is 0 Å². The van der Waals surface area contributed by atoms with Crippen LogP contribution in [-0.4, -0.2) is 63.4 Å². The molecule has 0 radical (unpaired) electrons. The average molecular weight is 370 g/mol. The first-order valence-corrected chi connectivity index (χ1v) is 9.51. The lowest BCUT2D eigenvalue weighted by Crippen LogP contribution is -2.42. The molecule has 1 amide bonds. The van der Waals surface area contributed by atoms with E-state index in [1.54, 1.807) is 6.33 Å². The van der Waals surface area contributed by atoms with E-state index in [2.05, 4.69) is 20.0 Å². The fourth-order valence-corrected chi connectivity index (χ4v) is 3.98. The van der Waals surface area contributed by atoms with E-state index < -0.39 is 0 Å². The third-order valence-electron chi connectivity index (χ3n) is 5.38. The Morgan fingerprint density at radius 2 is 1.96 bits per heavy atom. The van der Waals surface area contributed by atoms with Crippen molar-refractivity contribution >= 4 is 11.7 Å². The molecule has 144 valence electrons. The molecule has 1 fully saturated rings. The molecule has 2 aromatic heterocycles. The zero-order chi connectivity index (χ0) is 19.0. The van der Waals surface area contributed by atoms with Crippen LogP contribution in [0.4, 0.5) is 5.82 Å². The first kappa shape index (κ1) is 17.9. The molecule has 0 bridgehead atoms. The summed E-state index contributed by atoms with van der Waals surface area (Å²) in [5.74, 6) is 1.08. The summed E-state index contributed by atoms with van der Waals surface area (Å²) in [5.41, 5.74) is 4.05. The van der Waals surface area contributed by atoms with Crippen molar-refractivity contribution in [3.8, 4) is 0 Å². The highest BCUT2D eigenvalue weighted by Crippen LogP contribution is 2.27. The van der Waals surface area contributed by atoms with Crippen molar-refractivity contribution in [2.75, 3.05) is 37.7 Å². The summed E-state index contributed by atoms with van der Waals surface area (Å²) < 4.78 is 7.26. The predicted octanol–water partition coefficient (Wildman–Crippen LogP) is 1.27. The molecule has 2 aliphatic rings. The number of carbonyl (C=O) groups is 1. The van der Waals surface area contributed by atoms with Crippen LogP contribution in [0, 0.1) is 13.8 Å². The first-order valence-electron chi connectivity index (χ1n) is 9.51. The maximum absolute atomic E-state index is 13.1. The molecule has 1 atom stereocenters. The van der Waals surface area contributed by atoms with Crippen molar-refractivity contribution in [1.29, 1.82) is 0 Å². The van der Waals surface area contributed by atoms with E-state index in [1.165, 1.54) is 5.56 Å². The fourth-order valence-electron chi connectivity index (χ4n) is 3.98. The summed E-state index contributed by atoms with van der Waals surface area (Å²) in [6.45, 7) is 10.2. The highest BCUT2D eigenvalue weighted by molar-refractivity contribution is 5.80. The molecule has 0 spiro atoms. The maximum atomic E-state index is 13.1. The summed E-state index contributed by atoms with van der Waals surface area (Å²) in [4.78, 5) is 26.2. The van der Waals surface area contributed by atoms with Gasteiger partial charge < -0.3 is 14.5 Å². The second-order valence-electron chi connectivity index (χ2n) is 7.28. The highest BCUT2D eigenvalue weighted by Gasteiger charge is 2.30. The Morgan fingerprint density at radius 1 is 1.19 bits per heavy atom. The van der Waals surface area contributed by atoms with Crippen LogP contribution in [0.15, 0.2) is 12.4 Å². The molecular formula is C19H26N6O2. The second-order valence-corrected chi connectivity index (χ2v) is 7.28. The molecule has 2 aromatic rings. The quantitative estimate of drug-likeness (QED) is 0.810. The Labute approximate surface area is 159 Å². The van der Waals surface area contributed by atoms with Gasteiger partial charge in [-0.15, -0.1) is 0 Å². The minimum absolute atomic E-state index is 0.0818. The molecule has 4 rings (SSSR count).